The highest BCUT2D eigenvalue weighted by molar-refractivity contribution is 5.81. The van der Waals surface area contributed by atoms with Gasteiger partial charge in [0.1, 0.15) is 11.0 Å². The summed E-state index contributed by atoms with van der Waals surface area (Å²) in [5.41, 5.74) is 1.39. The molecule has 4 heteroatoms. The Hall–Kier alpha value is -1.83. The van der Waals surface area contributed by atoms with Crippen LogP contribution in [0.15, 0.2) is 34.9 Å². The van der Waals surface area contributed by atoms with Crippen LogP contribution in [-0.4, -0.2) is 20.3 Å². The van der Waals surface area contributed by atoms with Gasteiger partial charge >= 0.3 is 0 Å². The van der Waals surface area contributed by atoms with Crippen LogP contribution in [0.25, 0.3) is 11.0 Å². The molecule has 92 valence electrons. The Kier molecular flexibility index (Phi) is 2.58. The fourth-order valence-electron chi connectivity index (χ4n) is 2.57. The Morgan fingerprint density at radius 3 is 2.78 bits per heavy atom. The Bertz CT molecular complexity index is 608. The van der Waals surface area contributed by atoms with Crippen molar-refractivity contribution in [2.24, 2.45) is 5.41 Å². The molecule has 18 heavy (non-hydrogen) atoms. The lowest BCUT2D eigenvalue weighted by molar-refractivity contribution is -0.0962. The van der Waals surface area contributed by atoms with Crippen molar-refractivity contribution in [3.63, 3.8) is 0 Å². The van der Waals surface area contributed by atoms with E-state index < -0.39 is 5.41 Å². The van der Waals surface area contributed by atoms with E-state index in [0.717, 1.165) is 16.5 Å². The zero-order valence-electron chi connectivity index (χ0n) is 10.1. The zero-order chi connectivity index (χ0) is 12.6. The molecule has 1 N–H and O–H groups in total. The molecule has 1 fully saturated rings. The molecule has 0 saturated carbocycles. The van der Waals surface area contributed by atoms with Gasteiger partial charge in [-0.3, -0.25) is 0 Å². The third-order valence-corrected chi connectivity index (χ3v) is 3.61. The van der Waals surface area contributed by atoms with Crippen molar-refractivity contribution in [2.45, 2.75) is 6.04 Å². The normalized spacial score (nSPS) is 19.1. The maximum atomic E-state index is 9.41. The first-order chi connectivity index (χ1) is 8.80. The molecule has 1 aromatic heterocycles. The van der Waals surface area contributed by atoms with Crippen molar-refractivity contribution in [3.8, 4) is 6.07 Å². The fraction of sp³-hybridized carbons (Fsp3) is 0.357. The van der Waals surface area contributed by atoms with E-state index in [1.165, 1.54) is 0 Å². The van der Waals surface area contributed by atoms with Gasteiger partial charge < -0.3 is 14.5 Å². The molecule has 1 atom stereocenters. The van der Waals surface area contributed by atoms with E-state index in [2.05, 4.69) is 11.4 Å². The third-order valence-electron chi connectivity index (χ3n) is 3.61. The number of fused-ring (bicyclic) bond motifs is 1. The first kappa shape index (κ1) is 11.3. The summed E-state index contributed by atoms with van der Waals surface area (Å²) in [6, 6.07) is 10.2. The molecule has 1 unspecified atom stereocenters. The first-order valence-corrected chi connectivity index (χ1v) is 5.93. The predicted molar refractivity (Wildman–Crippen MR) is 66.9 cm³/mol. The van der Waals surface area contributed by atoms with Crippen LogP contribution in [-0.2, 0) is 4.74 Å². The van der Waals surface area contributed by atoms with E-state index in [9.17, 15) is 5.26 Å². The number of benzene rings is 1. The number of furan rings is 1. The molecule has 0 bridgehead atoms. The molecule has 0 radical (unpaired) electrons. The van der Waals surface area contributed by atoms with Crippen molar-refractivity contribution >= 4 is 11.0 Å². The average molecular weight is 242 g/mol. The highest BCUT2D eigenvalue weighted by atomic mass is 16.5. The maximum absolute atomic E-state index is 9.41. The molecule has 1 aliphatic heterocycles. The van der Waals surface area contributed by atoms with Crippen molar-refractivity contribution in [3.05, 3.63) is 36.1 Å². The Balaban J connectivity index is 2.09. The van der Waals surface area contributed by atoms with Crippen LogP contribution in [0.4, 0.5) is 0 Å². The quantitative estimate of drug-likeness (QED) is 0.896. The largest absolute Gasteiger partial charge is 0.464 e. The minimum absolute atomic E-state index is 0.0695. The van der Waals surface area contributed by atoms with Crippen LogP contribution in [0.5, 0.6) is 0 Å². The predicted octanol–water partition coefficient (Wildman–Crippen LogP) is 2.23. The van der Waals surface area contributed by atoms with E-state index >= 15 is 0 Å². The average Bonchev–Trinajstić information content (AvgIpc) is 2.77. The molecule has 3 rings (SSSR count). The van der Waals surface area contributed by atoms with Crippen molar-refractivity contribution in [1.82, 2.24) is 5.32 Å². The lowest BCUT2D eigenvalue weighted by atomic mass is 9.76. The maximum Gasteiger partial charge on any atom is 0.134 e. The molecule has 1 saturated heterocycles. The molecule has 0 aliphatic carbocycles. The number of rotatable bonds is 3. The van der Waals surface area contributed by atoms with Gasteiger partial charge in [0.2, 0.25) is 0 Å². The summed E-state index contributed by atoms with van der Waals surface area (Å²) in [6.07, 6.45) is 1.74. The smallest absolute Gasteiger partial charge is 0.134 e. The molecule has 4 nitrogen and oxygen atoms in total. The second kappa shape index (κ2) is 4.13. The van der Waals surface area contributed by atoms with Gasteiger partial charge in [-0.25, -0.2) is 0 Å². The lowest BCUT2D eigenvalue weighted by Gasteiger charge is -2.41. The van der Waals surface area contributed by atoms with Crippen molar-refractivity contribution in [1.29, 1.82) is 5.26 Å². The number of para-hydroxylation sites is 1. The molecule has 1 aliphatic rings. The molecular formula is C14H14N2O2. The van der Waals surface area contributed by atoms with Crippen LogP contribution >= 0.6 is 0 Å². The van der Waals surface area contributed by atoms with Crippen LogP contribution < -0.4 is 5.32 Å². The summed E-state index contributed by atoms with van der Waals surface area (Å²) in [5.74, 6) is 0. The van der Waals surface area contributed by atoms with Gasteiger partial charge in [0, 0.05) is 10.9 Å². The van der Waals surface area contributed by atoms with Gasteiger partial charge in [-0.1, -0.05) is 18.2 Å². The Labute approximate surface area is 105 Å². The second-order valence-corrected chi connectivity index (χ2v) is 4.67. The zero-order valence-corrected chi connectivity index (χ0v) is 10.1. The molecule has 0 spiro atoms. The van der Waals surface area contributed by atoms with Gasteiger partial charge in [0.25, 0.3) is 0 Å². The summed E-state index contributed by atoms with van der Waals surface area (Å²) in [5, 5.41) is 13.7. The number of nitriles is 1. The number of hydrogen-bond acceptors (Lipinski definition) is 4. The van der Waals surface area contributed by atoms with E-state index in [1.807, 2.05) is 31.3 Å². The highest BCUT2D eigenvalue weighted by Crippen LogP contribution is 2.42. The monoisotopic (exact) mass is 242 g/mol. The topological polar surface area (TPSA) is 58.2 Å². The summed E-state index contributed by atoms with van der Waals surface area (Å²) in [6.45, 7) is 0.934. The molecule has 2 aromatic rings. The van der Waals surface area contributed by atoms with Gasteiger partial charge in [-0.15, -0.1) is 0 Å². The van der Waals surface area contributed by atoms with Crippen LogP contribution in [0.3, 0.4) is 0 Å². The summed E-state index contributed by atoms with van der Waals surface area (Å²) in [7, 11) is 1.86. The van der Waals surface area contributed by atoms with Gasteiger partial charge in [-0.2, -0.15) is 5.26 Å². The number of nitrogens with one attached hydrogen (secondary N) is 1. The van der Waals surface area contributed by atoms with Crippen LogP contribution in [0, 0.1) is 16.7 Å². The van der Waals surface area contributed by atoms with E-state index in [-0.39, 0.29) is 6.04 Å². The van der Waals surface area contributed by atoms with Crippen molar-refractivity contribution in [2.75, 3.05) is 20.3 Å². The second-order valence-electron chi connectivity index (χ2n) is 4.67. The van der Waals surface area contributed by atoms with E-state index in [0.29, 0.717) is 13.2 Å². The van der Waals surface area contributed by atoms with Gasteiger partial charge in [-0.05, 0) is 13.1 Å². The van der Waals surface area contributed by atoms with Crippen LogP contribution in [0.1, 0.15) is 11.6 Å². The lowest BCUT2D eigenvalue weighted by Crippen LogP contribution is -2.50. The summed E-state index contributed by atoms with van der Waals surface area (Å²) in [4.78, 5) is 0. The Morgan fingerprint density at radius 2 is 2.17 bits per heavy atom. The molecular weight excluding hydrogens is 228 g/mol. The first-order valence-electron chi connectivity index (χ1n) is 5.93. The van der Waals surface area contributed by atoms with E-state index in [1.54, 1.807) is 6.26 Å². The van der Waals surface area contributed by atoms with Crippen molar-refractivity contribution < 1.29 is 9.15 Å². The Morgan fingerprint density at radius 1 is 1.39 bits per heavy atom. The van der Waals surface area contributed by atoms with Gasteiger partial charge in [0.15, 0.2) is 0 Å². The SMILES string of the molecule is CNC(c1coc2ccccc12)C1(C#N)COC1. The number of ether oxygens (including phenoxy) is 1. The molecule has 1 aromatic carbocycles. The van der Waals surface area contributed by atoms with E-state index in [4.69, 9.17) is 9.15 Å². The number of hydrogen-bond donors (Lipinski definition) is 1. The minimum atomic E-state index is -0.485. The summed E-state index contributed by atoms with van der Waals surface area (Å²) < 4.78 is 10.8. The number of nitrogens with zero attached hydrogens (tertiary/aromatic N) is 1. The molecule has 2 heterocycles. The molecule has 0 amide bonds. The fourth-order valence-corrected chi connectivity index (χ4v) is 2.57. The third kappa shape index (κ3) is 1.45. The minimum Gasteiger partial charge on any atom is -0.464 e. The van der Waals surface area contributed by atoms with Gasteiger partial charge in [0.05, 0.1) is 31.6 Å². The standard InChI is InChI=1S/C14H14N2O2/c1-16-13(14(7-15)8-17-9-14)11-6-18-12-5-3-2-4-10(11)12/h2-6,13,16H,8-9H2,1H3. The highest BCUT2D eigenvalue weighted by Gasteiger charge is 2.47. The van der Waals surface area contributed by atoms with Crippen LogP contribution in [0.2, 0.25) is 0 Å². The summed E-state index contributed by atoms with van der Waals surface area (Å²) >= 11 is 0.